The van der Waals surface area contributed by atoms with Crippen LogP contribution in [0.15, 0.2) is 42.7 Å². The molecular weight excluding hydrogens is 189 g/mol. The van der Waals surface area contributed by atoms with Gasteiger partial charge in [0.1, 0.15) is 5.82 Å². The normalized spacial score (nSPS) is 10.3. The third-order valence-corrected chi connectivity index (χ3v) is 2.20. The molecule has 2 rings (SSSR count). The van der Waals surface area contributed by atoms with Gasteiger partial charge in [-0.05, 0) is 35.7 Å². The van der Waals surface area contributed by atoms with Crippen molar-refractivity contribution in [3.05, 3.63) is 71.7 Å². The van der Waals surface area contributed by atoms with Gasteiger partial charge in [0.25, 0.3) is 0 Å². The van der Waals surface area contributed by atoms with Crippen LogP contribution in [0, 0.1) is 19.2 Å². The third kappa shape index (κ3) is 2.40. The van der Waals surface area contributed by atoms with Crippen molar-refractivity contribution in [2.45, 2.75) is 6.92 Å². The minimum absolute atomic E-state index is 0.168. The predicted octanol–water partition coefficient (Wildman–Crippen LogP) is 3.13. The maximum Gasteiger partial charge on any atom is 0.126 e. The van der Waals surface area contributed by atoms with E-state index in [0.717, 1.165) is 11.1 Å². The van der Waals surface area contributed by atoms with Gasteiger partial charge < -0.3 is 0 Å². The average molecular weight is 200 g/mol. The van der Waals surface area contributed by atoms with E-state index >= 15 is 0 Å². The molecule has 1 nitrogen and oxygen atoms in total. The van der Waals surface area contributed by atoms with Gasteiger partial charge in [0.15, 0.2) is 0 Å². The molecule has 0 aliphatic carbocycles. The zero-order chi connectivity index (χ0) is 10.7. The zero-order valence-corrected chi connectivity index (χ0v) is 8.44. The van der Waals surface area contributed by atoms with Gasteiger partial charge in [-0.2, -0.15) is 0 Å². The molecule has 0 saturated heterocycles. The molecule has 2 heteroatoms. The second kappa shape index (κ2) is 4.22. The van der Waals surface area contributed by atoms with Crippen molar-refractivity contribution in [3.8, 4) is 0 Å². The summed E-state index contributed by atoms with van der Waals surface area (Å²) in [7, 11) is 0. The van der Waals surface area contributed by atoms with E-state index in [2.05, 4.69) is 4.98 Å². The minimum atomic E-state index is -0.168. The second-order valence-electron chi connectivity index (χ2n) is 3.44. The fourth-order valence-electron chi connectivity index (χ4n) is 1.41. The van der Waals surface area contributed by atoms with Crippen LogP contribution in [0.2, 0.25) is 0 Å². The van der Waals surface area contributed by atoms with E-state index in [1.807, 2.05) is 24.6 Å². The van der Waals surface area contributed by atoms with E-state index in [4.69, 9.17) is 0 Å². The van der Waals surface area contributed by atoms with Gasteiger partial charge in [0.2, 0.25) is 0 Å². The Balaban J connectivity index is 2.22. The van der Waals surface area contributed by atoms with E-state index < -0.39 is 0 Å². The number of aromatic nitrogens is 1. The Morgan fingerprint density at radius 3 is 2.73 bits per heavy atom. The van der Waals surface area contributed by atoms with E-state index in [1.54, 1.807) is 25.4 Å². The van der Waals surface area contributed by atoms with E-state index in [0.29, 0.717) is 5.56 Å². The highest BCUT2D eigenvalue weighted by Crippen LogP contribution is 2.14. The summed E-state index contributed by atoms with van der Waals surface area (Å²) in [5, 5.41) is 0. The summed E-state index contributed by atoms with van der Waals surface area (Å²) in [5.41, 5.74) is 2.66. The molecule has 1 radical (unpaired) electrons. The number of hydrogen-bond acceptors (Lipinski definition) is 1. The lowest BCUT2D eigenvalue weighted by Gasteiger charge is -2.02. The standard InChI is InChI=1S/C13H11FN/c1-10-7-11(4-5-13(10)14)8-12-3-2-6-15-9-12/h2-9H,1H3. The lowest BCUT2D eigenvalue weighted by Crippen LogP contribution is -1.89. The van der Waals surface area contributed by atoms with Gasteiger partial charge in [-0.15, -0.1) is 0 Å². The molecule has 0 unspecified atom stereocenters. The van der Waals surface area contributed by atoms with Crippen molar-refractivity contribution >= 4 is 0 Å². The summed E-state index contributed by atoms with van der Waals surface area (Å²) in [6.07, 6.45) is 5.48. The molecule has 0 amide bonds. The molecule has 0 aliphatic heterocycles. The van der Waals surface area contributed by atoms with Gasteiger partial charge >= 0.3 is 0 Å². The van der Waals surface area contributed by atoms with Crippen molar-refractivity contribution in [2.24, 2.45) is 0 Å². The molecular formula is C13H11FN. The maximum absolute atomic E-state index is 13.0. The summed E-state index contributed by atoms with van der Waals surface area (Å²) in [6, 6.07) is 8.91. The highest BCUT2D eigenvalue weighted by molar-refractivity contribution is 5.37. The van der Waals surface area contributed by atoms with Gasteiger partial charge in [-0.25, -0.2) is 4.39 Å². The maximum atomic E-state index is 13.0. The number of hydrogen-bond donors (Lipinski definition) is 0. The van der Waals surface area contributed by atoms with Crippen LogP contribution in [-0.2, 0) is 0 Å². The quantitative estimate of drug-likeness (QED) is 0.725. The topological polar surface area (TPSA) is 12.9 Å². The van der Waals surface area contributed by atoms with Gasteiger partial charge in [0.05, 0.1) is 0 Å². The molecule has 0 aliphatic rings. The molecule has 1 heterocycles. The lowest BCUT2D eigenvalue weighted by atomic mass is 10.0. The Hall–Kier alpha value is -1.70. The van der Waals surface area contributed by atoms with E-state index in [1.165, 1.54) is 6.07 Å². The molecule has 0 bridgehead atoms. The zero-order valence-electron chi connectivity index (χ0n) is 8.44. The van der Waals surface area contributed by atoms with Crippen molar-refractivity contribution < 1.29 is 4.39 Å². The van der Waals surface area contributed by atoms with Crippen LogP contribution < -0.4 is 0 Å². The van der Waals surface area contributed by atoms with E-state index in [-0.39, 0.29) is 5.82 Å². The van der Waals surface area contributed by atoms with Gasteiger partial charge in [-0.3, -0.25) is 4.98 Å². The Kier molecular flexibility index (Phi) is 2.77. The molecule has 15 heavy (non-hydrogen) atoms. The molecule has 0 spiro atoms. The third-order valence-electron chi connectivity index (χ3n) is 2.20. The van der Waals surface area contributed by atoms with Crippen LogP contribution in [0.25, 0.3) is 0 Å². The first-order valence-electron chi connectivity index (χ1n) is 4.76. The predicted molar refractivity (Wildman–Crippen MR) is 57.9 cm³/mol. The van der Waals surface area contributed by atoms with Crippen LogP contribution in [-0.4, -0.2) is 4.98 Å². The highest BCUT2D eigenvalue weighted by Gasteiger charge is 2.00. The molecule has 75 valence electrons. The first-order valence-corrected chi connectivity index (χ1v) is 4.76. The Labute approximate surface area is 88.6 Å². The second-order valence-corrected chi connectivity index (χ2v) is 3.44. The monoisotopic (exact) mass is 200 g/mol. The van der Waals surface area contributed by atoms with Crippen molar-refractivity contribution in [3.63, 3.8) is 0 Å². The number of pyridine rings is 1. The molecule has 1 aromatic carbocycles. The first-order chi connectivity index (χ1) is 7.25. The molecule has 0 N–H and O–H groups in total. The number of halogens is 1. The summed E-state index contributed by atoms with van der Waals surface area (Å²) in [5.74, 6) is -0.168. The first kappa shape index (κ1) is 9.84. The Morgan fingerprint density at radius 1 is 1.20 bits per heavy atom. The van der Waals surface area contributed by atoms with Crippen LogP contribution in [0.5, 0.6) is 0 Å². The minimum Gasteiger partial charge on any atom is -0.264 e. The number of benzene rings is 1. The highest BCUT2D eigenvalue weighted by atomic mass is 19.1. The van der Waals surface area contributed by atoms with Crippen molar-refractivity contribution in [1.82, 2.24) is 4.98 Å². The number of aryl methyl sites for hydroxylation is 1. The van der Waals surface area contributed by atoms with Crippen molar-refractivity contribution in [2.75, 3.05) is 0 Å². The van der Waals surface area contributed by atoms with Crippen LogP contribution >= 0.6 is 0 Å². The summed E-state index contributed by atoms with van der Waals surface area (Å²) >= 11 is 0. The SMILES string of the molecule is Cc1cc([CH]c2cccnc2)ccc1F. The summed E-state index contributed by atoms with van der Waals surface area (Å²) < 4.78 is 13.0. The van der Waals surface area contributed by atoms with Gasteiger partial charge in [0, 0.05) is 18.8 Å². The number of rotatable bonds is 2. The lowest BCUT2D eigenvalue weighted by molar-refractivity contribution is 0.618. The fourth-order valence-corrected chi connectivity index (χ4v) is 1.41. The average Bonchev–Trinajstić information content (AvgIpc) is 2.25. The summed E-state index contributed by atoms with van der Waals surface area (Å²) in [4.78, 5) is 4.02. The summed E-state index contributed by atoms with van der Waals surface area (Å²) in [6.45, 7) is 1.76. The largest absolute Gasteiger partial charge is 0.264 e. The van der Waals surface area contributed by atoms with Gasteiger partial charge in [-0.1, -0.05) is 18.2 Å². The van der Waals surface area contributed by atoms with Crippen LogP contribution in [0.1, 0.15) is 16.7 Å². The van der Waals surface area contributed by atoms with Crippen LogP contribution in [0.4, 0.5) is 4.39 Å². The number of nitrogens with zero attached hydrogens (tertiary/aromatic N) is 1. The molecule has 0 atom stereocenters. The molecule has 0 fully saturated rings. The molecule has 0 saturated carbocycles. The smallest absolute Gasteiger partial charge is 0.126 e. The molecule has 2 aromatic rings. The van der Waals surface area contributed by atoms with Crippen molar-refractivity contribution in [1.29, 1.82) is 0 Å². The van der Waals surface area contributed by atoms with E-state index in [9.17, 15) is 4.39 Å². The Bertz CT molecular complexity index is 451. The Morgan fingerprint density at radius 2 is 2.07 bits per heavy atom. The van der Waals surface area contributed by atoms with Crippen LogP contribution in [0.3, 0.4) is 0 Å². The molecule has 1 aromatic heterocycles. The fraction of sp³-hybridized carbons (Fsp3) is 0.0769.